The molecule has 0 saturated heterocycles. The van der Waals surface area contributed by atoms with Crippen LogP contribution in [0.4, 0.5) is 0 Å². The molecule has 2 N–H and O–H groups in total. The Morgan fingerprint density at radius 2 is 2.10 bits per heavy atom. The average molecular weight is 338 g/mol. The molecular weight excluding hydrogens is 318 g/mol. The van der Waals surface area contributed by atoms with E-state index in [-0.39, 0.29) is 0 Å². The largest absolute Gasteiger partial charge is 0.383 e. The van der Waals surface area contributed by atoms with Crippen LogP contribution in [0.5, 0.6) is 0 Å². The summed E-state index contributed by atoms with van der Waals surface area (Å²) in [4.78, 5) is 0. The van der Waals surface area contributed by atoms with Gasteiger partial charge in [0.05, 0.1) is 29.5 Å². The topological polar surface area (TPSA) is 53.1 Å². The number of benzene rings is 1. The highest BCUT2D eigenvalue weighted by Gasteiger charge is 2.16. The van der Waals surface area contributed by atoms with E-state index in [1.54, 1.807) is 7.11 Å². The van der Waals surface area contributed by atoms with E-state index in [1.807, 2.05) is 16.9 Å². The summed E-state index contributed by atoms with van der Waals surface area (Å²) in [6, 6.07) is 10.4. The third kappa shape index (κ3) is 3.69. The molecule has 0 aliphatic carbocycles. The molecule has 1 aromatic carbocycles. The molecule has 4 nitrogen and oxygen atoms in total. The van der Waals surface area contributed by atoms with Gasteiger partial charge >= 0.3 is 0 Å². The molecule has 0 radical (unpaired) electrons. The molecule has 2 aromatic rings. The van der Waals surface area contributed by atoms with E-state index in [0.29, 0.717) is 19.1 Å². The molecule has 1 aromatic heterocycles. The molecule has 0 saturated carbocycles. The van der Waals surface area contributed by atoms with Crippen LogP contribution in [-0.2, 0) is 17.7 Å². The summed E-state index contributed by atoms with van der Waals surface area (Å²) in [6.45, 7) is 2.02. The molecule has 0 spiro atoms. The van der Waals surface area contributed by atoms with Crippen LogP contribution in [0.3, 0.4) is 0 Å². The molecule has 0 amide bonds. The molecule has 1 atom stereocenters. The van der Waals surface area contributed by atoms with Crippen LogP contribution >= 0.6 is 15.9 Å². The number of nitrogens with zero attached hydrogens (tertiary/aromatic N) is 2. The second-order valence-electron chi connectivity index (χ2n) is 4.70. The number of hydrogen-bond acceptors (Lipinski definition) is 3. The zero-order chi connectivity index (χ0) is 14.4. The maximum absolute atomic E-state index is 5.95. The second kappa shape index (κ2) is 7.57. The van der Waals surface area contributed by atoms with Crippen LogP contribution in [0.2, 0.25) is 0 Å². The summed E-state index contributed by atoms with van der Waals surface area (Å²) in [5, 5.41) is 4.38. The Balaban J connectivity index is 2.17. The van der Waals surface area contributed by atoms with E-state index in [1.165, 1.54) is 11.3 Å². The molecule has 1 heterocycles. The third-order valence-corrected chi connectivity index (χ3v) is 4.06. The predicted molar refractivity (Wildman–Crippen MR) is 83.7 cm³/mol. The summed E-state index contributed by atoms with van der Waals surface area (Å²) < 4.78 is 8.14. The first-order valence-corrected chi connectivity index (χ1v) is 7.49. The van der Waals surface area contributed by atoms with Crippen molar-refractivity contribution in [2.24, 2.45) is 5.73 Å². The molecule has 20 heavy (non-hydrogen) atoms. The molecule has 5 heteroatoms. The monoisotopic (exact) mass is 337 g/mol. The highest BCUT2D eigenvalue weighted by Crippen LogP contribution is 2.24. The van der Waals surface area contributed by atoms with E-state index < -0.39 is 0 Å². The van der Waals surface area contributed by atoms with Gasteiger partial charge in [-0.05, 0) is 34.5 Å². The van der Waals surface area contributed by atoms with Crippen molar-refractivity contribution in [3.63, 3.8) is 0 Å². The van der Waals surface area contributed by atoms with Gasteiger partial charge in [-0.3, -0.25) is 4.68 Å². The predicted octanol–water partition coefficient (Wildman–Crippen LogP) is 2.58. The van der Waals surface area contributed by atoms with E-state index in [2.05, 4.69) is 45.3 Å². The van der Waals surface area contributed by atoms with Gasteiger partial charge in [-0.2, -0.15) is 5.10 Å². The number of hydrogen-bond donors (Lipinski definition) is 1. The summed E-state index contributed by atoms with van der Waals surface area (Å²) in [5.74, 6) is 0.297. The first-order chi connectivity index (χ1) is 9.76. The maximum atomic E-state index is 5.95. The highest BCUT2D eigenvalue weighted by molar-refractivity contribution is 9.10. The summed E-state index contributed by atoms with van der Waals surface area (Å²) in [5.41, 5.74) is 8.39. The van der Waals surface area contributed by atoms with Crippen molar-refractivity contribution in [2.45, 2.75) is 18.9 Å². The fourth-order valence-electron chi connectivity index (χ4n) is 2.26. The zero-order valence-corrected chi connectivity index (χ0v) is 13.2. The molecule has 1 unspecified atom stereocenters. The lowest BCUT2D eigenvalue weighted by atomic mass is 9.94. The Morgan fingerprint density at radius 3 is 2.75 bits per heavy atom. The zero-order valence-electron chi connectivity index (χ0n) is 11.6. The van der Waals surface area contributed by atoms with E-state index >= 15 is 0 Å². The normalized spacial score (nSPS) is 12.6. The van der Waals surface area contributed by atoms with Crippen molar-refractivity contribution in [2.75, 3.05) is 20.3 Å². The molecular formula is C15H20BrN3O. The summed E-state index contributed by atoms with van der Waals surface area (Å²) in [6.07, 6.45) is 2.70. The lowest BCUT2D eigenvalue weighted by Crippen LogP contribution is -2.18. The van der Waals surface area contributed by atoms with Gasteiger partial charge in [0.25, 0.3) is 0 Å². The molecule has 0 bridgehead atoms. The van der Waals surface area contributed by atoms with Gasteiger partial charge in [0, 0.05) is 13.0 Å². The molecule has 108 valence electrons. The Bertz CT molecular complexity index is 527. The van der Waals surface area contributed by atoms with Crippen molar-refractivity contribution in [3.05, 3.63) is 52.3 Å². The van der Waals surface area contributed by atoms with Crippen LogP contribution in [-0.4, -0.2) is 30.0 Å². The van der Waals surface area contributed by atoms with Crippen LogP contribution in [0, 0.1) is 0 Å². The summed E-state index contributed by atoms with van der Waals surface area (Å²) in [7, 11) is 1.70. The van der Waals surface area contributed by atoms with Crippen molar-refractivity contribution < 1.29 is 4.74 Å². The average Bonchev–Trinajstić information content (AvgIpc) is 2.84. The van der Waals surface area contributed by atoms with E-state index in [9.17, 15) is 0 Å². The van der Waals surface area contributed by atoms with Gasteiger partial charge in [-0.1, -0.05) is 30.3 Å². The Labute approximate surface area is 128 Å². The lowest BCUT2D eigenvalue weighted by molar-refractivity contribution is 0.182. The highest BCUT2D eigenvalue weighted by atomic mass is 79.9. The molecule has 0 aliphatic heterocycles. The Morgan fingerprint density at radius 1 is 1.35 bits per heavy atom. The minimum absolute atomic E-state index is 0.297. The minimum atomic E-state index is 0.297. The number of methoxy groups -OCH3 is 1. The number of ether oxygens (including phenoxy) is 1. The van der Waals surface area contributed by atoms with Crippen LogP contribution in [0.25, 0.3) is 0 Å². The first kappa shape index (κ1) is 15.2. The maximum Gasteiger partial charge on any atom is 0.0658 e. The van der Waals surface area contributed by atoms with Crippen molar-refractivity contribution in [1.29, 1.82) is 0 Å². The molecule has 0 fully saturated rings. The van der Waals surface area contributed by atoms with Gasteiger partial charge in [0.15, 0.2) is 0 Å². The fraction of sp³-hybridized carbons (Fsp3) is 0.400. The number of nitrogens with two attached hydrogens (primary N) is 1. The third-order valence-electron chi connectivity index (χ3n) is 3.40. The first-order valence-electron chi connectivity index (χ1n) is 6.70. The molecule has 2 rings (SSSR count). The lowest BCUT2D eigenvalue weighted by Gasteiger charge is -2.16. The van der Waals surface area contributed by atoms with Crippen LogP contribution in [0.15, 0.2) is 41.0 Å². The van der Waals surface area contributed by atoms with Crippen LogP contribution < -0.4 is 5.73 Å². The quantitative estimate of drug-likeness (QED) is 0.844. The summed E-state index contributed by atoms with van der Waals surface area (Å²) >= 11 is 3.57. The van der Waals surface area contributed by atoms with Gasteiger partial charge in [0.2, 0.25) is 0 Å². The number of rotatable bonds is 7. The van der Waals surface area contributed by atoms with Gasteiger partial charge in [0.1, 0.15) is 0 Å². The molecule has 0 aliphatic rings. The number of aromatic nitrogens is 2. The standard InChI is InChI=1S/C15H20BrN3O/c1-20-8-7-19-15(14(16)11-18-19)9-13(10-17)12-5-3-2-4-6-12/h2-6,11,13H,7-10,17H2,1H3. The van der Waals surface area contributed by atoms with Gasteiger partial charge < -0.3 is 10.5 Å². The Kier molecular flexibility index (Phi) is 5.76. The second-order valence-corrected chi connectivity index (χ2v) is 5.56. The van der Waals surface area contributed by atoms with Gasteiger partial charge in [-0.15, -0.1) is 0 Å². The van der Waals surface area contributed by atoms with E-state index in [0.717, 1.165) is 17.4 Å². The van der Waals surface area contributed by atoms with Crippen LogP contribution in [0.1, 0.15) is 17.2 Å². The minimum Gasteiger partial charge on any atom is -0.383 e. The SMILES string of the molecule is COCCn1ncc(Br)c1CC(CN)c1ccccc1. The van der Waals surface area contributed by atoms with Crippen molar-refractivity contribution in [3.8, 4) is 0 Å². The smallest absolute Gasteiger partial charge is 0.0658 e. The van der Waals surface area contributed by atoms with E-state index in [4.69, 9.17) is 10.5 Å². The number of halogens is 1. The van der Waals surface area contributed by atoms with Crippen molar-refractivity contribution >= 4 is 15.9 Å². The van der Waals surface area contributed by atoms with Crippen molar-refractivity contribution in [1.82, 2.24) is 9.78 Å². The fourth-order valence-corrected chi connectivity index (χ4v) is 2.72. The Hall–Kier alpha value is -1.17. The van der Waals surface area contributed by atoms with Gasteiger partial charge in [-0.25, -0.2) is 0 Å².